The van der Waals surface area contributed by atoms with Crippen LogP contribution in [0.2, 0.25) is 0 Å². The summed E-state index contributed by atoms with van der Waals surface area (Å²) in [6, 6.07) is 11.3. The molecule has 2 aromatic rings. The Balaban J connectivity index is 0.00000289. The van der Waals surface area contributed by atoms with Crippen molar-refractivity contribution in [2.45, 2.75) is 39.2 Å². The topological polar surface area (TPSA) is 48.7 Å². The number of aromatic nitrogens is 2. The number of nitrogens with zero attached hydrogens (tertiary/aromatic N) is 5. The van der Waals surface area contributed by atoms with E-state index in [1.807, 2.05) is 12.5 Å². The largest absolute Gasteiger partial charge is 0.357 e. The van der Waals surface area contributed by atoms with Crippen LogP contribution in [0.4, 0.5) is 0 Å². The Morgan fingerprint density at radius 3 is 2.75 bits per heavy atom. The smallest absolute Gasteiger partial charge is 0.193 e. The molecule has 3 heterocycles. The number of nitrogens with one attached hydrogen (secondary N) is 1. The first-order valence-electron chi connectivity index (χ1n) is 12.0. The van der Waals surface area contributed by atoms with Crippen LogP contribution in [0.25, 0.3) is 0 Å². The number of aliphatic imine (C=N–C) groups is 1. The summed E-state index contributed by atoms with van der Waals surface area (Å²) in [6.07, 6.45) is 9.51. The zero-order valence-electron chi connectivity index (χ0n) is 19.6. The molecule has 0 radical (unpaired) electrons. The number of halogens is 1. The molecule has 4 rings (SSSR count). The number of piperidine rings is 1. The third-order valence-electron chi connectivity index (χ3n) is 6.89. The van der Waals surface area contributed by atoms with Gasteiger partial charge in [0.25, 0.3) is 0 Å². The van der Waals surface area contributed by atoms with Gasteiger partial charge in [-0.05, 0) is 50.1 Å². The molecule has 0 spiro atoms. The summed E-state index contributed by atoms with van der Waals surface area (Å²) in [6.45, 7) is 12.0. The molecule has 6 nitrogen and oxygen atoms in total. The lowest BCUT2D eigenvalue weighted by Crippen LogP contribution is -2.49. The molecule has 0 saturated carbocycles. The molecule has 1 aromatic heterocycles. The Labute approximate surface area is 210 Å². The van der Waals surface area contributed by atoms with Gasteiger partial charge >= 0.3 is 0 Å². The molecule has 7 heteroatoms. The van der Waals surface area contributed by atoms with Crippen LogP contribution >= 0.6 is 24.0 Å². The number of guanidine groups is 1. The van der Waals surface area contributed by atoms with Crippen molar-refractivity contribution in [2.24, 2.45) is 16.8 Å². The Morgan fingerprint density at radius 2 is 2.00 bits per heavy atom. The summed E-state index contributed by atoms with van der Waals surface area (Å²) in [7, 11) is 0. The van der Waals surface area contributed by atoms with Crippen LogP contribution in [0.15, 0.2) is 54.0 Å². The average Bonchev–Trinajstić information content (AvgIpc) is 3.49. The van der Waals surface area contributed by atoms with Gasteiger partial charge in [-0.15, -0.1) is 24.0 Å². The van der Waals surface area contributed by atoms with Crippen molar-refractivity contribution in [3.8, 4) is 0 Å². The monoisotopic (exact) mass is 550 g/mol. The third-order valence-corrected chi connectivity index (χ3v) is 6.89. The number of imidazole rings is 1. The highest BCUT2D eigenvalue weighted by Crippen LogP contribution is 2.27. The van der Waals surface area contributed by atoms with Gasteiger partial charge in [0.05, 0.1) is 12.4 Å². The van der Waals surface area contributed by atoms with Crippen molar-refractivity contribution in [1.82, 2.24) is 24.7 Å². The van der Waals surface area contributed by atoms with E-state index in [4.69, 9.17) is 4.99 Å². The van der Waals surface area contributed by atoms with Crippen molar-refractivity contribution in [3.05, 3.63) is 54.6 Å². The number of likely N-dealkylation sites (tertiary alicyclic amines) is 2. The van der Waals surface area contributed by atoms with E-state index in [1.54, 1.807) is 0 Å². The molecule has 2 fully saturated rings. The number of benzene rings is 1. The second-order valence-electron chi connectivity index (χ2n) is 9.17. The number of hydrogen-bond acceptors (Lipinski definition) is 3. The van der Waals surface area contributed by atoms with Gasteiger partial charge < -0.3 is 19.7 Å². The van der Waals surface area contributed by atoms with Gasteiger partial charge in [0.2, 0.25) is 0 Å². The lowest BCUT2D eigenvalue weighted by atomic mass is 9.93. The molecule has 1 N–H and O–H groups in total. The normalized spacial score (nSPS) is 24.4. The zero-order valence-corrected chi connectivity index (χ0v) is 21.9. The van der Waals surface area contributed by atoms with E-state index in [0.29, 0.717) is 17.9 Å². The second-order valence-corrected chi connectivity index (χ2v) is 9.17. The van der Waals surface area contributed by atoms with Crippen LogP contribution in [0, 0.1) is 11.8 Å². The highest BCUT2D eigenvalue weighted by molar-refractivity contribution is 14.0. The SMILES string of the molecule is CCNC(=NCC1CCN(CCc2ccccc2)C1)N1CCC(C)C(n2ccnc2)C1.I. The molecular formula is C25H39IN6. The third kappa shape index (κ3) is 6.70. The molecule has 1 aromatic carbocycles. The van der Waals surface area contributed by atoms with Crippen molar-refractivity contribution in [1.29, 1.82) is 0 Å². The van der Waals surface area contributed by atoms with Crippen LogP contribution in [0.5, 0.6) is 0 Å². The van der Waals surface area contributed by atoms with Gasteiger partial charge in [-0.2, -0.15) is 0 Å². The molecule has 0 aliphatic carbocycles. The average molecular weight is 551 g/mol. The first-order chi connectivity index (χ1) is 15.2. The van der Waals surface area contributed by atoms with Gasteiger partial charge in [-0.1, -0.05) is 37.3 Å². The van der Waals surface area contributed by atoms with Crippen LogP contribution in [0.1, 0.15) is 38.3 Å². The Morgan fingerprint density at radius 1 is 1.16 bits per heavy atom. The van der Waals surface area contributed by atoms with E-state index in [2.05, 4.69) is 75.0 Å². The molecule has 2 aliphatic heterocycles. The maximum atomic E-state index is 5.09. The van der Waals surface area contributed by atoms with Crippen molar-refractivity contribution < 1.29 is 0 Å². The molecule has 0 amide bonds. The second kappa shape index (κ2) is 12.6. The molecule has 2 aliphatic rings. The summed E-state index contributed by atoms with van der Waals surface area (Å²) in [5.74, 6) is 2.40. The predicted octanol–water partition coefficient (Wildman–Crippen LogP) is 3.91. The van der Waals surface area contributed by atoms with Crippen LogP contribution in [-0.2, 0) is 6.42 Å². The molecule has 32 heavy (non-hydrogen) atoms. The van der Waals surface area contributed by atoms with E-state index in [0.717, 1.165) is 45.1 Å². The summed E-state index contributed by atoms with van der Waals surface area (Å²) >= 11 is 0. The molecule has 3 unspecified atom stereocenters. The minimum Gasteiger partial charge on any atom is -0.357 e. The van der Waals surface area contributed by atoms with E-state index in [9.17, 15) is 0 Å². The van der Waals surface area contributed by atoms with E-state index in [-0.39, 0.29) is 24.0 Å². The van der Waals surface area contributed by atoms with Crippen LogP contribution < -0.4 is 5.32 Å². The van der Waals surface area contributed by atoms with Crippen LogP contribution in [0.3, 0.4) is 0 Å². The van der Waals surface area contributed by atoms with Crippen LogP contribution in [-0.4, -0.2) is 71.1 Å². The maximum absolute atomic E-state index is 5.09. The maximum Gasteiger partial charge on any atom is 0.193 e. The highest BCUT2D eigenvalue weighted by Gasteiger charge is 2.29. The fourth-order valence-electron chi connectivity index (χ4n) is 4.93. The van der Waals surface area contributed by atoms with Gasteiger partial charge in [0.1, 0.15) is 0 Å². The minimum atomic E-state index is 0. The minimum absolute atomic E-state index is 0. The van der Waals surface area contributed by atoms with E-state index < -0.39 is 0 Å². The predicted molar refractivity (Wildman–Crippen MR) is 143 cm³/mol. The molecule has 0 bridgehead atoms. The fraction of sp³-hybridized carbons (Fsp3) is 0.600. The standard InChI is InChI=1S/C25H38N6.HI/c1-3-27-25(30-15-9-21(2)24(19-30)31-16-12-26-20-31)28-17-23-11-14-29(18-23)13-10-22-7-5-4-6-8-22;/h4-8,12,16,20-21,23-24H,3,9-11,13-15,17-19H2,1-2H3,(H,27,28);1H. The fourth-order valence-corrected chi connectivity index (χ4v) is 4.93. The molecule has 3 atom stereocenters. The molecule has 176 valence electrons. The van der Waals surface area contributed by atoms with E-state index >= 15 is 0 Å². The summed E-state index contributed by atoms with van der Waals surface area (Å²) in [4.78, 5) is 14.4. The summed E-state index contributed by atoms with van der Waals surface area (Å²) in [5.41, 5.74) is 1.44. The van der Waals surface area contributed by atoms with Crippen molar-refractivity contribution in [2.75, 3.05) is 45.8 Å². The lowest BCUT2D eigenvalue weighted by Gasteiger charge is -2.39. The number of rotatable bonds is 7. The first kappa shape index (κ1) is 25.0. The quantitative estimate of drug-likeness (QED) is 0.323. The Hall–Kier alpha value is -1.61. The number of hydrogen-bond donors (Lipinski definition) is 1. The lowest BCUT2D eigenvalue weighted by molar-refractivity contribution is 0.189. The van der Waals surface area contributed by atoms with E-state index in [1.165, 1.54) is 31.5 Å². The summed E-state index contributed by atoms with van der Waals surface area (Å²) in [5, 5.41) is 3.55. The highest BCUT2D eigenvalue weighted by atomic mass is 127. The Kier molecular flexibility index (Phi) is 9.84. The van der Waals surface area contributed by atoms with Gasteiger partial charge in [-0.3, -0.25) is 4.99 Å². The molecular weight excluding hydrogens is 511 g/mol. The molecule has 2 saturated heterocycles. The Bertz CT molecular complexity index is 809. The summed E-state index contributed by atoms with van der Waals surface area (Å²) < 4.78 is 2.27. The van der Waals surface area contributed by atoms with Gasteiger partial charge in [0, 0.05) is 51.7 Å². The van der Waals surface area contributed by atoms with Crippen molar-refractivity contribution >= 4 is 29.9 Å². The van der Waals surface area contributed by atoms with Gasteiger partial charge in [0.15, 0.2) is 5.96 Å². The van der Waals surface area contributed by atoms with Crippen molar-refractivity contribution in [3.63, 3.8) is 0 Å². The van der Waals surface area contributed by atoms with Gasteiger partial charge in [-0.25, -0.2) is 4.98 Å². The zero-order chi connectivity index (χ0) is 21.5. The first-order valence-corrected chi connectivity index (χ1v) is 12.0.